The first-order chi connectivity index (χ1) is 8.97. The Kier molecular flexibility index (Phi) is 4.64. The van der Waals surface area contributed by atoms with E-state index in [-0.39, 0.29) is 10.6 Å². The van der Waals surface area contributed by atoms with Crippen molar-refractivity contribution in [3.63, 3.8) is 0 Å². The van der Waals surface area contributed by atoms with Crippen molar-refractivity contribution in [2.75, 3.05) is 0 Å². The number of hydrogen-bond acceptors (Lipinski definition) is 0. The highest BCUT2D eigenvalue weighted by molar-refractivity contribution is 9.09. The van der Waals surface area contributed by atoms with Gasteiger partial charge in [-0.2, -0.15) is 0 Å². The van der Waals surface area contributed by atoms with Gasteiger partial charge in [-0.1, -0.05) is 63.4 Å². The second-order valence-corrected chi connectivity index (χ2v) is 6.30. The van der Waals surface area contributed by atoms with E-state index >= 15 is 0 Å². The molecule has 0 aromatic heterocycles. The molecule has 0 spiro atoms. The molecular formula is C16H15BrClF. The van der Waals surface area contributed by atoms with Gasteiger partial charge in [-0.25, -0.2) is 4.39 Å². The number of halogens is 3. The maximum atomic E-state index is 13.4. The van der Waals surface area contributed by atoms with Crippen molar-refractivity contribution in [1.29, 1.82) is 0 Å². The molecule has 0 amide bonds. The molecule has 0 heterocycles. The summed E-state index contributed by atoms with van der Waals surface area (Å²) < 4.78 is 13.4. The van der Waals surface area contributed by atoms with Gasteiger partial charge in [0.25, 0.3) is 0 Å². The molecule has 3 heteroatoms. The first kappa shape index (κ1) is 14.5. The molecule has 0 saturated carbocycles. The van der Waals surface area contributed by atoms with Crippen LogP contribution in [-0.4, -0.2) is 0 Å². The fraction of sp³-hybridized carbons (Fsp3) is 0.250. The van der Waals surface area contributed by atoms with E-state index in [9.17, 15) is 4.39 Å². The van der Waals surface area contributed by atoms with Gasteiger partial charge in [0, 0.05) is 9.85 Å². The lowest BCUT2D eigenvalue weighted by molar-refractivity contribution is 0.617. The summed E-state index contributed by atoms with van der Waals surface area (Å²) in [5, 5.41) is 0.470. The largest absolute Gasteiger partial charge is 0.207 e. The Morgan fingerprint density at radius 1 is 1.21 bits per heavy atom. The topological polar surface area (TPSA) is 0 Å². The average molecular weight is 342 g/mol. The molecule has 0 fully saturated rings. The molecule has 0 aliphatic rings. The predicted molar refractivity (Wildman–Crippen MR) is 82.7 cm³/mol. The summed E-state index contributed by atoms with van der Waals surface area (Å²) in [7, 11) is 0. The third-order valence-electron chi connectivity index (χ3n) is 3.11. The van der Waals surface area contributed by atoms with Gasteiger partial charge in [-0.15, -0.1) is 0 Å². The quantitative estimate of drug-likeness (QED) is 0.621. The van der Waals surface area contributed by atoms with Gasteiger partial charge in [0.2, 0.25) is 0 Å². The van der Waals surface area contributed by atoms with Crippen molar-refractivity contribution < 1.29 is 4.39 Å². The van der Waals surface area contributed by atoms with Gasteiger partial charge in [-0.3, -0.25) is 0 Å². The lowest BCUT2D eigenvalue weighted by Crippen LogP contribution is -1.98. The van der Waals surface area contributed by atoms with Gasteiger partial charge in [0.15, 0.2) is 0 Å². The molecule has 100 valence electrons. The standard InChI is InChI=1S/C16H15BrClF/c1-10-4-3-5-12(6-10)8-14(17)13-7-11(2)16(19)9-15(13)18/h3-7,9,14H,8H2,1-2H3. The minimum absolute atomic E-state index is 0.0844. The van der Waals surface area contributed by atoms with Crippen LogP contribution in [0, 0.1) is 19.7 Å². The molecule has 2 aromatic carbocycles. The molecule has 0 aliphatic carbocycles. The minimum atomic E-state index is -0.260. The first-order valence-corrected chi connectivity index (χ1v) is 7.42. The molecule has 19 heavy (non-hydrogen) atoms. The van der Waals surface area contributed by atoms with Gasteiger partial charge in [0.1, 0.15) is 5.82 Å². The Morgan fingerprint density at radius 3 is 2.63 bits per heavy atom. The Hall–Kier alpha value is -0.860. The van der Waals surface area contributed by atoms with Crippen LogP contribution >= 0.6 is 27.5 Å². The van der Waals surface area contributed by atoms with Crippen molar-refractivity contribution in [2.24, 2.45) is 0 Å². The van der Waals surface area contributed by atoms with Crippen LogP contribution in [0.1, 0.15) is 27.1 Å². The summed E-state index contributed by atoms with van der Waals surface area (Å²) in [6.45, 7) is 3.82. The van der Waals surface area contributed by atoms with E-state index in [4.69, 9.17) is 11.6 Å². The zero-order chi connectivity index (χ0) is 14.0. The first-order valence-electron chi connectivity index (χ1n) is 6.12. The minimum Gasteiger partial charge on any atom is -0.207 e. The summed E-state index contributed by atoms with van der Waals surface area (Å²) in [6, 6.07) is 11.6. The van der Waals surface area contributed by atoms with E-state index in [1.807, 2.05) is 12.1 Å². The van der Waals surface area contributed by atoms with Crippen LogP contribution in [0.3, 0.4) is 0 Å². The Morgan fingerprint density at radius 2 is 1.95 bits per heavy atom. The highest BCUT2D eigenvalue weighted by atomic mass is 79.9. The molecule has 0 N–H and O–H groups in total. The van der Waals surface area contributed by atoms with E-state index in [2.05, 4.69) is 41.1 Å². The lowest BCUT2D eigenvalue weighted by atomic mass is 10.0. The van der Waals surface area contributed by atoms with Crippen LogP contribution in [0.4, 0.5) is 4.39 Å². The SMILES string of the molecule is Cc1cccc(CC(Br)c2cc(C)c(F)cc2Cl)c1. The monoisotopic (exact) mass is 340 g/mol. The third kappa shape index (κ3) is 3.58. The molecule has 0 radical (unpaired) electrons. The summed E-state index contributed by atoms with van der Waals surface area (Å²) >= 11 is 9.77. The number of aryl methyl sites for hydroxylation is 2. The van der Waals surface area contributed by atoms with Gasteiger partial charge in [-0.05, 0) is 43.0 Å². The average Bonchev–Trinajstić information content (AvgIpc) is 2.33. The summed E-state index contributed by atoms with van der Waals surface area (Å²) in [4.78, 5) is 0.0844. The molecule has 2 aromatic rings. The van der Waals surface area contributed by atoms with Crippen LogP contribution in [0.25, 0.3) is 0 Å². The van der Waals surface area contributed by atoms with Gasteiger partial charge in [0.05, 0.1) is 0 Å². The maximum Gasteiger partial charge on any atom is 0.127 e. The zero-order valence-corrected chi connectivity index (χ0v) is 13.2. The fourth-order valence-corrected chi connectivity index (χ4v) is 3.24. The van der Waals surface area contributed by atoms with E-state index < -0.39 is 0 Å². The molecular weight excluding hydrogens is 327 g/mol. The van der Waals surface area contributed by atoms with Crippen molar-refractivity contribution in [3.8, 4) is 0 Å². The third-order valence-corrected chi connectivity index (χ3v) is 4.26. The Labute approximate surface area is 126 Å². The van der Waals surface area contributed by atoms with E-state index in [1.54, 1.807) is 6.92 Å². The predicted octanol–water partition coefficient (Wildman–Crippen LogP) is 5.77. The van der Waals surface area contributed by atoms with Crippen LogP contribution in [0.15, 0.2) is 36.4 Å². The van der Waals surface area contributed by atoms with Gasteiger partial charge >= 0.3 is 0 Å². The number of alkyl halides is 1. The van der Waals surface area contributed by atoms with Crippen molar-refractivity contribution in [1.82, 2.24) is 0 Å². The van der Waals surface area contributed by atoms with E-state index in [0.717, 1.165) is 12.0 Å². The number of hydrogen-bond donors (Lipinski definition) is 0. The summed E-state index contributed by atoms with van der Waals surface area (Å²) in [5.41, 5.74) is 4.02. The smallest absolute Gasteiger partial charge is 0.127 e. The van der Waals surface area contributed by atoms with Crippen LogP contribution in [0.5, 0.6) is 0 Å². The van der Waals surface area contributed by atoms with Crippen molar-refractivity contribution in [2.45, 2.75) is 25.1 Å². The molecule has 0 bridgehead atoms. The second-order valence-electron chi connectivity index (χ2n) is 4.78. The molecule has 0 saturated heterocycles. The molecule has 1 unspecified atom stereocenters. The maximum absolute atomic E-state index is 13.4. The summed E-state index contributed by atoms with van der Waals surface area (Å²) in [6.07, 6.45) is 0.826. The fourth-order valence-electron chi connectivity index (χ4n) is 2.08. The molecule has 2 rings (SSSR count). The van der Waals surface area contributed by atoms with Crippen LogP contribution in [0.2, 0.25) is 5.02 Å². The van der Waals surface area contributed by atoms with Crippen molar-refractivity contribution in [3.05, 3.63) is 69.5 Å². The van der Waals surface area contributed by atoms with Gasteiger partial charge < -0.3 is 0 Å². The second kappa shape index (κ2) is 6.06. The molecule has 0 aliphatic heterocycles. The van der Waals surface area contributed by atoms with E-state index in [1.165, 1.54) is 17.2 Å². The van der Waals surface area contributed by atoms with Crippen molar-refractivity contribution >= 4 is 27.5 Å². The Balaban J connectivity index is 2.25. The number of rotatable bonds is 3. The molecule has 0 nitrogen and oxygen atoms in total. The highest BCUT2D eigenvalue weighted by Crippen LogP contribution is 2.34. The normalized spacial score (nSPS) is 12.5. The molecule has 1 atom stereocenters. The van der Waals surface area contributed by atoms with Crippen LogP contribution < -0.4 is 0 Å². The zero-order valence-electron chi connectivity index (χ0n) is 10.9. The van der Waals surface area contributed by atoms with Crippen LogP contribution in [-0.2, 0) is 6.42 Å². The lowest BCUT2D eigenvalue weighted by Gasteiger charge is -2.14. The highest BCUT2D eigenvalue weighted by Gasteiger charge is 2.14. The Bertz CT molecular complexity index is 595. The number of benzene rings is 2. The van der Waals surface area contributed by atoms with E-state index in [0.29, 0.717) is 10.6 Å². The summed E-state index contributed by atoms with van der Waals surface area (Å²) in [5.74, 6) is -0.260.